The van der Waals surface area contributed by atoms with Crippen molar-refractivity contribution in [1.29, 1.82) is 0 Å². The molecule has 0 aliphatic rings. The first-order valence-electron chi connectivity index (χ1n) is 7.11. The van der Waals surface area contributed by atoms with Crippen LogP contribution in [0.2, 0.25) is 0 Å². The summed E-state index contributed by atoms with van der Waals surface area (Å²) in [6.45, 7) is 0. The van der Waals surface area contributed by atoms with E-state index in [4.69, 9.17) is 0 Å². The Kier molecular flexibility index (Phi) is 2.56. The summed E-state index contributed by atoms with van der Waals surface area (Å²) in [6, 6.07) is 17.3. The number of aromatic nitrogens is 2. The maximum Gasteiger partial charge on any atom is 0.0704 e. The molecule has 0 N–H and O–H groups in total. The molecule has 0 aliphatic carbocycles. The third kappa shape index (κ3) is 1.65. The van der Waals surface area contributed by atoms with Gasteiger partial charge in [-0.1, -0.05) is 0 Å². The molecule has 4 heteroatoms. The molecule has 0 spiro atoms. The number of hydrogen-bond acceptors (Lipinski definition) is 2. The van der Waals surface area contributed by atoms with Crippen molar-refractivity contribution in [1.82, 2.24) is 9.13 Å². The Balaban J connectivity index is 1.73. The molecule has 4 heterocycles. The number of nitrogens with zero attached hydrogens (tertiary/aromatic N) is 2. The zero-order valence-electron chi connectivity index (χ0n) is 11.6. The van der Waals surface area contributed by atoms with E-state index in [1.165, 1.54) is 31.8 Å². The summed E-state index contributed by atoms with van der Waals surface area (Å²) in [5.74, 6) is 0. The topological polar surface area (TPSA) is 9.86 Å². The highest BCUT2D eigenvalue weighted by Gasteiger charge is 2.13. The van der Waals surface area contributed by atoms with Crippen LogP contribution in [0, 0.1) is 0 Å². The molecule has 2 nitrogen and oxygen atoms in total. The fourth-order valence-corrected chi connectivity index (χ4v) is 4.92. The molecule has 5 rings (SSSR count). The molecule has 106 valence electrons. The highest BCUT2D eigenvalue weighted by Crippen LogP contribution is 2.38. The minimum atomic E-state index is 1.18. The minimum Gasteiger partial charge on any atom is -0.324 e. The van der Waals surface area contributed by atoms with Crippen LogP contribution >= 0.6 is 22.7 Å². The zero-order chi connectivity index (χ0) is 14.5. The summed E-state index contributed by atoms with van der Waals surface area (Å²) in [6.07, 6.45) is 4.14. The van der Waals surface area contributed by atoms with Gasteiger partial charge < -0.3 is 9.13 Å². The molecule has 0 bridgehead atoms. The summed E-state index contributed by atoms with van der Waals surface area (Å²) in [5, 5.41) is 4.35. The second-order valence-electron chi connectivity index (χ2n) is 5.21. The SMILES string of the molecule is c1ccn(-c2ccc(-n3c4ccsc4c4sccc43)cc2)c1. The van der Waals surface area contributed by atoms with E-state index in [1.807, 2.05) is 34.8 Å². The molecule has 0 aliphatic heterocycles. The molecule has 0 fully saturated rings. The van der Waals surface area contributed by atoms with E-state index in [2.05, 4.69) is 68.7 Å². The van der Waals surface area contributed by atoms with Crippen molar-refractivity contribution in [2.45, 2.75) is 0 Å². The van der Waals surface area contributed by atoms with E-state index in [1.54, 1.807) is 0 Å². The Morgan fingerprint density at radius 1 is 0.636 bits per heavy atom. The monoisotopic (exact) mass is 320 g/mol. The van der Waals surface area contributed by atoms with E-state index in [0.717, 1.165) is 0 Å². The predicted octanol–water partition coefficient (Wildman–Crippen LogP) is 5.70. The standard InChI is InChI=1S/C18H12N2S2/c1-2-10-19(9-1)13-3-5-14(6-4-13)20-15-7-11-21-17(15)18-16(20)8-12-22-18/h1-12H. The van der Waals surface area contributed by atoms with Gasteiger partial charge in [-0.25, -0.2) is 0 Å². The van der Waals surface area contributed by atoms with Gasteiger partial charge in [0.15, 0.2) is 0 Å². The first kappa shape index (κ1) is 12.3. The van der Waals surface area contributed by atoms with Crippen LogP contribution < -0.4 is 0 Å². The van der Waals surface area contributed by atoms with Crippen LogP contribution in [0.25, 0.3) is 31.8 Å². The quantitative estimate of drug-likeness (QED) is 0.395. The Morgan fingerprint density at radius 3 is 1.77 bits per heavy atom. The van der Waals surface area contributed by atoms with Crippen LogP contribution in [0.5, 0.6) is 0 Å². The molecule has 0 saturated carbocycles. The average molecular weight is 320 g/mol. The lowest BCUT2D eigenvalue weighted by atomic mass is 10.2. The largest absolute Gasteiger partial charge is 0.324 e. The molecular weight excluding hydrogens is 308 g/mol. The van der Waals surface area contributed by atoms with Crippen LogP contribution in [-0.4, -0.2) is 9.13 Å². The van der Waals surface area contributed by atoms with Crippen molar-refractivity contribution in [3.8, 4) is 11.4 Å². The molecule has 5 aromatic rings. The van der Waals surface area contributed by atoms with E-state index >= 15 is 0 Å². The van der Waals surface area contributed by atoms with Gasteiger partial charge in [0, 0.05) is 23.8 Å². The number of thiophene rings is 2. The van der Waals surface area contributed by atoms with E-state index in [9.17, 15) is 0 Å². The second-order valence-corrected chi connectivity index (χ2v) is 7.04. The molecule has 4 aromatic heterocycles. The van der Waals surface area contributed by atoms with Crippen molar-refractivity contribution in [2.24, 2.45) is 0 Å². The Bertz CT molecular complexity index is 1010. The lowest BCUT2D eigenvalue weighted by Crippen LogP contribution is -1.94. The van der Waals surface area contributed by atoms with Crippen LogP contribution in [0.15, 0.2) is 71.7 Å². The first-order valence-corrected chi connectivity index (χ1v) is 8.87. The first-order chi connectivity index (χ1) is 10.9. The van der Waals surface area contributed by atoms with E-state index < -0.39 is 0 Å². The minimum absolute atomic E-state index is 1.18. The van der Waals surface area contributed by atoms with Crippen LogP contribution in [0.3, 0.4) is 0 Å². The Hall–Kier alpha value is -2.30. The molecule has 0 saturated heterocycles. The van der Waals surface area contributed by atoms with Crippen LogP contribution in [0.1, 0.15) is 0 Å². The Morgan fingerprint density at radius 2 is 1.18 bits per heavy atom. The normalized spacial score (nSPS) is 11.6. The van der Waals surface area contributed by atoms with Crippen molar-refractivity contribution >= 4 is 43.1 Å². The van der Waals surface area contributed by atoms with E-state index in [0.29, 0.717) is 0 Å². The maximum absolute atomic E-state index is 2.36. The average Bonchev–Trinajstić information content (AvgIpc) is 3.30. The summed E-state index contributed by atoms with van der Waals surface area (Å²) in [7, 11) is 0. The van der Waals surface area contributed by atoms with Gasteiger partial charge in [-0.05, 0) is 59.3 Å². The van der Waals surface area contributed by atoms with Crippen molar-refractivity contribution in [3.05, 3.63) is 71.7 Å². The molecule has 0 atom stereocenters. The number of fused-ring (bicyclic) bond motifs is 3. The van der Waals surface area contributed by atoms with Crippen molar-refractivity contribution in [2.75, 3.05) is 0 Å². The van der Waals surface area contributed by atoms with E-state index in [-0.39, 0.29) is 0 Å². The maximum atomic E-state index is 2.36. The van der Waals surface area contributed by atoms with Gasteiger partial charge in [-0.15, -0.1) is 22.7 Å². The number of hydrogen-bond donors (Lipinski definition) is 0. The Labute approximate surface area is 135 Å². The molecule has 22 heavy (non-hydrogen) atoms. The van der Waals surface area contributed by atoms with Gasteiger partial charge >= 0.3 is 0 Å². The molecular formula is C18H12N2S2. The molecule has 1 aromatic carbocycles. The molecule has 0 radical (unpaired) electrons. The highest BCUT2D eigenvalue weighted by atomic mass is 32.1. The fraction of sp³-hybridized carbons (Fsp3) is 0. The van der Waals surface area contributed by atoms with Gasteiger partial charge in [0.1, 0.15) is 0 Å². The smallest absolute Gasteiger partial charge is 0.0704 e. The lowest BCUT2D eigenvalue weighted by molar-refractivity contribution is 1.07. The third-order valence-corrected chi connectivity index (χ3v) is 5.96. The van der Waals surface area contributed by atoms with Gasteiger partial charge in [-0.3, -0.25) is 0 Å². The number of rotatable bonds is 2. The summed E-state index contributed by atoms with van der Waals surface area (Å²) in [4.78, 5) is 0. The van der Waals surface area contributed by atoms with Crippen LogP contribution in [0.4, 0.5) is 0 Å². The van der Waals surface area contributed by atoms with Gasteiger partial charge in [-0.2, -0.15) is 0 Å². The van der Waals surface area contributed by atoms with Gasteiger partial charge in [0.2, 0.25) is 0 Å². The lowest BCUT2D eigenvalue weighted by Gasteiger charge is -2.08. The highest BCUT2D eigenvalue weighted by molar-refractivity contribution is 7.25. The summed E-state index contributed by atoms with van der Waals surface area (Å²) >= 11 is 3.65. The fourth-order valence-electron chi connectivity index (χ4n) is 2.99. The van der Waals surface area contributed by atoms with Gasteiger partial charge in [0.05, 0.1) is 20.4 Å². The number of benzene rings is 1. The van der Waals surface area contributed by atoms with Crippen molar-refractivity contribution < 1.29 is 0 Å². The summed E-state index contributed by atoms with van der Waals surface area (Å²) < 4.78 is 7.26. The van der Waals surface area contributed by atoms with Crippen LogP contribution in [-0.2, 0) is 0 Å². The van der Waals surface area contributed by atoms with Gasteiger partial charge in [0.25, 0.3) is 0 Å². The predicted molar refractivity (Wildman–Crippen MR) is 95.9 cm³/mol. The zero-order valence-corrected chi connectivity index (χ0v) is 13.3. The molecule has 0 amide bonds. The second kappa shape index (κ2) is 4.60. The molecule has 0 unspecified atom stereocenters. The third-order valence-electron chi connectivity index (χ3n) is 3.99. The summed E-state index contributed by atoms with van der Waals surface area (Å²) in [5.41, 5.74) is 5.01. The van der Waals surface area contributed by atoms with Crippen molar-refractivity contribution in [3.63, 3.8) is 0 Å².